The largest absolute Gasteiger partial charge is 0.494 e. The van der Waals surface area contributed by atoms with Gasteiger partial charge in [0, 0.05) is 30.1 Å². The first kappa shape index (κ1) is 17.8. The molecule has 1 aromatic heterocycles. The lowest BCUT2D eigenvalue weighted by Crippen LogP contribution is -2.31. The summed E-state index contributed by atoms with van der Waals surface area (Å²) in [6.45, 7) is 8.62. The molecule has 0 spiro atoms. The SMILES string of the molecule is CCCOc1cccc(NC(=O)NC(C)c2c(C)nn(C)c2C)c1. The number of benzene rings is 1. The highest BCUT2D eigenvalue weighted by molar-refractivity contribution is 5.89. The van der Waals surface area contributed by atoms with E-state index in [1.807, 2.05) is 56.8 Å². The van der Waals surface area contributed by atoms with Gasteiger partial charge in [-0.25, -0.2) is 4.79 Å². The number of nitrogens with one attached hydrogen (secondary N) is 2. The predicted octanol–water partition coefficient (Wildman–Crippen LogP) is 3.71. The molecule has 0 aliphatic rings. The minimum absolute atomic E-state index is 0.127. The van der Waals surface area contributed by atoms with Gasteiger partial charge in [0.25, 0.3) is 0 Å². The monoisotopic (exact) mass is 330 g/mol. The number of ether oxygens (including phenoxy) is 1. The first-order valence-electron chi connectivity index (χ1n) is 8.22. The van der Waals surface area contributed by atoms with Gasteiger partial charge in [-0.05, 0) is 39.3 Å². The lowest BCUT2D eigenvalue weighted by molar-refractivity contribution is 0.249. The molecule has 0 aliphatic carbocycles. The maximum Gasteiger partial charge on any atom is 0.319 e. The molecule has 2 N–H and O–H groups in total. The number of hydrogen-bond donors (Lipinski definition) is 2. The molecule has 1 atom stereocenters. The number of aryl methyl sites for hydroxylation is 2. The Morgan fingerprint density at radius 2 is 2.12 bits per heavy atom. The van der Waals surface area contributed by atoms with Crippen LogP contribution in [0.2, 0.25) is 0 Å². The van der Waals surface area contributed by atoms with Gasteiger partial charge in [0.1, 0.15) is 5.75 Å². The summed E-state index contributed by atoms with van der Waals surface area (Å²) in [4.78, 5) is 12.3. The molecule has 1 aromatic carbocycles. The van der Waals surface area contributed by atoms with E-state index in [-0.39, 0.29) is 12.1 Å². The molecule has 1 heterocycles. The van der Waals surface area contributed by atoms with E-state index in [0.29, 0.717) is 12.3 Å². The van der Waals surface area contributed by atoms with Gasteiger partial charge in [-0.3, -0.25) is 4.68 Å². The van der Waals surface area contributed by atoms with Crippen LogP contribution in [0.25, 0.3) is 0 Å². The van der Waals surface area contributed by atoms with Crippen molar-refractivity contribution in [2.45, 2.75) is 40.2 Å². The zero-order valence-corrected chi connectivity index (χ0v) is 15.0. The normalized spacial score (nSPS) is 11.9. The fourth-order valence-electron chi connectivity index (χ4n) is 2.74. The van der Waals surface area contributed by atoms with Crippen molar-refractivity contribution in [3.63, 3.8) is 0 Å². The van der Waals surface area contributed by atoms with Crippen LogP contribution in [0.3, 0.4) is 0 Å². The minimum Gasteiger partial charge on any atom is -0.494 e. The summed E-state index contributed by atoms with van der Waals surface area (Å²) in [7, 11) is 1.90. The Bertz CT molecular complexity index is 709. The zero-order valence-electron chi connectivity index (χ0n) is 15.0. The van der Waals surface area contributed by atoms with Crippen LogP contribution in [0, 0.1) is 13.8 Å². The molecule has 2 amide bonds. The molecule has 0 bridgehead atoms. The summed E-state index contributed by atoms with van der Waals surface area (Å²) in [6.07, 6.45) is 0.944. The molecule has 0 saturated heterocycles. The van der Waals surface area contributed by atoms with E-state index < -0.39 is 0 Å². The van der Waals surface area contributed by atoms with Gasteiger partial charge >= 0.3 is 6.03 Å². The number of anilines is 1. The van der Waals surface area contributed by atoms with E-state index in [9.17, 15) is 4.79 Å². The number of carbonyl (C=O) groups excluding carboxylic acids is 1. The lowest BCUT2D eigenvalue weighted by Gasteiger charge is -2.16. The maximum absolute atomic E-state index is 12.3. The first-order valence-corrected chi connectivity index (χ1v) is 8.22. The Morgan fingerprint density at radius 3 is 2.75 bits per heavy atom. The van der Waals surface area contributed by atoms with Crippen LogP contribution in [0.4, 0.5) is 10.5 Å². The van der Waals surface area contributed by atoms with Crippen molar-refractivity contribution in [3.8, 4) is 5.75 Å². The molecular formula is C18H26N4O2. The molecule has 130 valence electrons. The summed E-state index contributed by atoms with van der Waals surface area (Å²) < 4.78 is 7.41. The molecule has 0 fully saturated rings. The van der Waals surface area contributed by atoms with Crippen LogP contribution in [-0.4, -0.2) is 22.4 Å². The Kier molecular flexibility index (Phi) is 5.84. The van der Waals surface area contributed by atoms with Crippen LogP contribution in [-0.2, 0) is 7.05 Å². The Morgan fingerprint density at radius 1 is 1.38 bits per heavy atom. The molecule has 1 unspecified atom stereocenters. The Hall–Kier alpha value is -2.50. The highest BCUT2D eigenvalue weighted by Gasteiger charge is 2.18. The third-order valence-corrected chi connectivity index (χ3v) is 3.91. The van der Waals surface area contributed by atoms with Crippen LogP contribution in [0.5, 0.6) is 5.75 Å². The summed E-state index contributed by atoms with van der Waals surface area (Å²) in [5.74, 6) is 0.752. The molecule has 24 heavy (non-hydrogen) atoms. The highest BCUT2D eigenvalue weighted by Crippen LogP contribution is 2.21. The molecule has 0 saturated carbocycles. The standard InChI is InChI=1S/C18H26N4O2/c1-6-10-24-16-9-7-8-15(11-16)20-18(23)19-12(2)17-13(3)21-22(5)14(17)4/h7-9,11-12H,6,10H2,1-5H3,(H2,19,20,23). The van der Waals surface area contributed by atoms with Crippen molar-refractivity contribution in [1.82, 2.24) is 15.1 Å². The van der Waals surface area contributed by atoms with E-state index in [0.717, 1.165) is 29.1 Å². The third kappa shape index (κ3) is 4.28. The predicted molar refractivity (Wildman–Crippen MR) is 95.5 cm³/mol. The number of urea groups is 1. The summed E-state index contributed by atoms with van der Waals surface area (Å²) in [5.41, 5.74) is 3.73. The van der Waals surface area contributed by atoms with Gasteiger partial charge in [0.2, 0.25) is 0 Å². The average molecular weight is 330 g/mol. The van der Waals surface area contributed by atoms with Crippen LogP contribution in [0.1, 0.15) is 43.3 Å². The topological polar surface area (TPSA) is 68.2 Å². The number of amides is 2. The van der Waals surface area contributed by atoms with Gasteiger partial charge in [0.05, 0.1) is 18.3 Å². The molecule has 0 aliphatic heterocycles. The van der Waals surface area contributed by atoms with Crippen LogP contribution < -0.4 is 15.4 Å². The molecule has 2 aromatic rings. The van der Waals surface area contributed by atoms with Crippen molar-refractivity contribution >= 4 is 11.7 Å². The number of nitrogens with zero attached hydrogens (tertiary/aromatic N) is 2. The Labute approximate surface area is 143 Å². The van der Waals surface area contributed by atoms with E-state index >= 15 is 0 Å². The maximum atomic E-state index is 12.3. The number of rotatable bonds is 6. The molecule has 2 rings (SSSR count). The van der Waals surface area contributed by atoms with Crippen molar-refractivity contribution < 1.29 is 9.53 Å². The van der Waals surface area contributed by atoms with Crippen molar-refractivity contribution in [3.05, 3.63) is 41.2 Å². The summed E-state index contributed by atoms with van der Waals surface area (Å²) in [6, 6.07) is 7.02. The minimum atomic E-state index is -0.252. The fraction of sp³-hybridized carbons (Fsp3) is 0.444. The quantitative estimate of drug-likeness (QED) is 0.848. The lowest BCUT2D eigenvalue weighted by atomic mass is 10.1. The van der Waals surface area contributed by atoms with Gasteiger partial charge < -0.3 is 15.4 Å². The average Bonchev–Trinajstić information content (AvgIpc) is 2.78. The van der Waals surface area contributed by atoms with Gasteiger partial charge in [-0.2, -0.15) is 5.10 Å². The second-order valence-corrected chi connectivity index (χ2v) is 5.90. The van der Waals surface area contributed by atoms with Crippen molar-refractivity contribution in [1.29, 1.82) is 0 Å². The Balaban J connectivity index is 2.00. The van der Waals surface area contributed by atoms with E-state index in [1.54, 1.807) is 0 Å². The number of aromatic nitrogens is 2. The van der Waals surface area contributed by atoms with Crippen LogP contribution >= 0.6 is 0 Å². The van der Waals surface area contributed by atoms with Crippen LogP contribution in [0.15, 0.2) is 24.3 Å². The second kappa shape index (κ2) is 7.86. The smallest absolute Gasteiger partial charge is 0.319 e. The number of hydrogen-bond acceptors (Lipinski definition) is 3. The fourth-order valence-corrected chi connectivity index (χ4v) is 2.74. The van der Waals surface area contributed by atoms with Gasteiger partial charge in [-0.1, -0.05) is 13.0 Å². The molecule has 6 nitrogen and oxygen atoms in total. The van der Waals surface area contributed by atoms with Crippen molar-refractivity contribution in [2.75, 3.05) is 11.9 Å². The molecule has 0 radical (unpaired) electrons. The third-order valence-electron chi connectivity index (χ3n) is 3.91. The van der Waals surface area contributed by atoms with Gasteiger partial charge in [0.15, 0.2) is 0 Å². The number of carbonyl (C=O) groups is 1. The molecular weight excluding hydrogens is 304 g/mol. The van der Waals surface area contributed by atoms with Gasteiger partial charge in [-0.15, -0.1) is 0 Å². The van der Waals surface area contributed by atoms with E-state index in [4.69, 9.17) is 4.74 Å². The highest BCUT2D eigenvalue weighted by atomic mass is 16.5. The second-order valence-electron chi connectivity index (χ2n) is 5.90. The zero-order chi connectivity index (χ0) is 17.7. The van der Waals surface area contributed by atoms with E-state index in [1.165, 1.54) is 0 Å². The summed E-state index contributed by atoms with van der Waals surface area (Å²) in [5, 5.41) is 10.2. The summed E-state index contributed by atoms with van der Waals surface area (Å²) >= 11 is 0. The first-order chi connectivity index (χ1) is 11.4. The van der Waals surface area contributed by atoms with E-state index in [2.05, 4.69) is 22.7 Å². The van der Waals surface area contributed by atoms with Crippen molar-refractivity contribution in [2.24, 2.45) is 7.05 Å². The molecule has 6 heteroatoms.